The summed E-state index contributed by atoms with van der Waals surface area (Å²) in [5.41, 5.74) is 1.42. The minimum Gasteiger partial charge on any atom is -0.307 e. The number of rotatable bonds is 4. The van der Waals surface area contributed by atoms with Crippen LogP contribution in [-0.2, 0) is 0 Å². The summed E-state index contributed by atoms with van der Waals surface area (Å²) in [6.07, 6.45) is 7.64. The van der Waals surface area contributed by atoms with Gasteiger partial charge in [-0.05, 0) is 36.3 Å². The van der Waals surface area contributed by atoms with Crippen LogP contribution in [0.15, 0.2) is 36.7 Å². The first-order chi connectivity index (χ1) is 8.38. The predicted octanol–water partition coefficient (Wildman–Crippen LogP) is 3.44. The summed E-state index contributed by atoms with van der Waals surface area (Å²) in [4.78, 5) is 4.19. The van der Waals surface area contributed by atoms with E-state index in [-0.39, 0.29) is 0 Å². The topological polar surface area (TPSA) is 24.9 Å². The van der Waals surface area contributed by atoms with Crippen molar-refractivity contribution in [2.45, 2.75) is 38.3 Å². The molecule has 1 heterocycles. The van der Waals surface area contributed by atoms with Gasteiger partial charge in [-0.1, -0.05) is 25.1 Å². The van der Waals surface area contributed by atoms with E-state index in [4.69, 9.17) is 0 Å². The third-order valence-electron chi connectivity index (χ3n) is 3.51. The Morgan fingerprint density at radius 1 is 1.35 bits per heavy atom. The van der Waals surface area contributed by atoms with Crippen LogP contribution in [0.5, 0.6) is 0 Å². The van der Waals surface area contributed by atoms with E-state index in [9.17, 15) is 0 Å². The van der Waals surface area contributed by atoms with Crippen molar-refractivity contribution in [1.29, 1.82) is 0 Å². The second-order valence-electron chi connectivity index (χ2n) is 4.85. The van der Waals surface area contributed by atoms with E-state index in [2.05, 4.69) is 41.5 Å². The van der Waals surface area contributed by atoms with Gasteiger partial charge in [0.1, 0.15) is 0 Å². The summed E-state index contributed by atoms with van der Waals surface area (Å²) < 4.78 is 0. The van der Waals surface area contributed by atoms with Gasteiger partial charge in [-0.3, -0.25) is 4.98 Å². The Kier molecular flexibility index (Phi) is 2.81. The van der Waals surface area contributed by atoms with Crippen molar-refractivity contribution in [3.63, 3.8) is 0 Å². The number of nitrogens with zero attached hydrogens (tertiary/aromatic N) is 1. The maximum absolute atomic E-state index is 4.19. The van der Waals surface area contributed by atoms with Gasteiger partial charge in [-0.2, -0.15) is 0 Å². The van der Waals surface area contributed by atoms with E-state index in [0.717, 1.165) is 12.5 Å². The van der Waals surface area contributed by atoms with Crippen molar-refractivity contribution < 1.29 is 0 Å². The standard InChI is InChI=1S/C15H18N2/c1-2-15(17-12-6-7-12)14-5-3-4-11-10-16-9-8-13(11)14/h3-5,8-10,12,15,17H,2,6-7H2,1H3. The van der Waals surface area contributed by atoms with Crippen LogP contribution in [0, 0.1) is 0 Å². The third kappa shape index (κ3) is 2.18. The van der Waals surface area contributed by atoms with Crippen molar-refractivity contribution in [3.8, 4) is 0 Å². The van der Waals surface area contributed by atoms with Crippen molar-refractivity contribution in [2.75, 3.05) is 0 Å². The number of fused-ring (bicyclic) bond motifs is 1. The highest BCUT2D eigenvalue weighted by molar-refractivity contribution is 5.85. The minimum absolute atomic E-state index is 0.480. The summed E-state index contributed by atoms with van der Waals surface area (Å²) in [6.45, 7) is 2.25. The zero-order chi connectivity index (χ0) is 11.7. The van der Waals surface area contributed by atoms with Crippen LogP contribution in [0.4, 0.5) is 0 Å². The van der Waals surface area contributed by atoms with Gasteiger partial charge in [0, 0.05) is 29.9 Å². The van der Waals surface area contributed by atoms with E-state index in [0.29, 0.717) is 6.04 Å². The quantitative estimate of drug-likeness (QED) is 0.863. The summed E-state index contributed by atoms with van der Waals surface area (Å²) in [7, 11) is 0. The molecule has 2 aromatic rings. The number of hydrogen-bond acceptors (Lipinski definition) is 2. The van der Waals surface area contributed by atoms with Crippen molar-refractivity contribution >= 4 is 10.8 Å². The average Bonchev–Trinajstić information content (AvgIpc) is 3.19. The molecule has 1 atom stereocenters. The molecule has 1 aliphatic rings. The van der Waals surface area contributed by atoms with E-state index >= 15 is 0 Å². The molecule has 1 fully saturated rings. The molecule has 17 heavy (non-hydrogen) atoms. The maximum Gasteiger partial charge on any atom is 0.0346 e. The van der Waals surface area contributed by atoms with Crippen LogP contribution in [0.1, 0.15) is 37.8 Å². The molecule has 3 rings (SSSR count). The molecule has 2 nitrogen and oxygen atoms in total. The molecule has 1 N–H and O–H groups in total. The Balaban J connectivity index is 2.01. The number of hydrogen-bond donors (Lipinski definition) is 1. The Morgan fingerprint density at radius 2 is 2.24 bits per heavy atom. The molecule has 1 aromatic heterocycles. The summed E-state index contributed by atoms with van der Waals surface area (Å²) >= 11 is 0. The zero-order valence-corrected chi connectivity index (χ0v) is 10.2. The SMILES string of the molecule is CCC(NC1CC1)c1cccc2cnccc12. The smallest absolute Gasteiger partial charge is 0.0346 e. The van der Waals surface area contributed by atoms with E-state index in [1.807, 2.05) is 12.4 Å². The lowest BCUT2D eigenvalue weighted by Crippen LogP contribution is -2.22. The van der Waals surface area contributed by atoms with Gasteiger partial charge in [0.2, 0.25) is 0 Å². The molecule has 0 bridgehead atoms. The van der Waals surface area contributed by atoms with Crippen molar-refractivity contribution in [2.24, 2.45) is 0 Å². The molecule has 0 spiro atoms. The first-order valence-corrected chi connectivity index (χ1v) is 6.47. The van der Waals surface area contributed by atoms with Crippen molar-refractivity contribution in [3.05, 3.63) is 42.2 Å². The lowest BCUT2D eigenvalue weighted by Gasteiger charge is -2.19. The van der Waals surface area contributed by atoms with Crippen molar-refractivity contribution in [1.82, 2.24) is 10.3 Å². The van der Waals surface area contributed by atoms with Crippen LogP contribution in [0.3, 0.4) is 0 Å². The van der Waals surface area contributed by atoms with Crippen LogP contribution < -0.4 is 5.32 Å². The minimum atomic E-state index is 0.480. The van der Waals surface area contributed by atoms with Gasteiger partial charge >= 0.3 is 0 Å². The molecule has 1 aromatic carbocycles. The fraction of sp³-hybridized carbons (Fsp3) is 0.400. The van der Waals surface area contributed by atoms with E-state index < -0.39 is 0 Å². The fourth-order valence-corrected chi connectivity index (χ4v) is 2.41. The number of benzene rings is 1. The average molecular weight is 226 g/mol. The molecule has 0 aliphatic heterocycles. The van der Waals surface area contributed by atoms with E-state index in [1.165, 1.54) is 29.2 Å². The lowest BCUT2D eigenvalue weighted by atomic mass is 9.98. The Hall–Kier alpha value is -1.41. The van der Waals surface area contributed by atoms with Crippen LogP contribution in [-0.4, -0.2) is 11.0 Å². The summed E-state index contributed by atoms with van der Waals surface area (Å²) in [6, 6.07) is 9.87. The summed E-state index contributed by atoms with van der Waals surface area (Å²) in [5, 5.41) is 6.30. The predicted molar refractivity (Wildman–Crippen MR) is 70.9 cm³/mol. The van der Waals surface area contributed by atoms with Gasteiger partial charge in [0.25, 0.3) is 0 Å². The molecule has 0 radical (unpaired) electrons. The molecular weight excluding hydrogens is 208 g/mol. The highest BCUT2D eigenvalue weighted by Crippen LogP contribution is 2.29. The second-order valence-corrected chi connectivity index (χ2v) is 4.85. The van der Waals surface area contributed by atoms with Gasteiger partial charge < -0.3 is 5.32 Å². The van der Waals surface area contributed by atoms with Gasteiger partial charge in [-0.15, -0.1) is 0 Å². The first kappa shape index (κ1) is 10.7. The van der Waals surface area contributed by atoms with Crippen LogP contribution in [0.2, 0.25) is 0 Å². The molecule has 2 heteroatoms. The Morgan fingerprint density at radius 3 is 3.00 bits per heavy atom. The third-order valence-corrected chi connectivity index (χ3v) is 3.51. The largest absolute Gasteiger partial charge is 0.307 e. The molecule has 0 amide bonds. The Labute approximate surface area is 102 Å². The van der Waals surface area contributed by atoms with Crippen LogP contribution >= 0.6 is 0 Å². The number of aromatic nitrogens is 1. The highest BCUT2D eigenvalue weighted by atomic mass is 15.0. The fourth-order valence-electron chi connectivity index (χ4n) is 2.41. The normalized spacial score (nSPS) is 17.2. The van der Waals surface area contributed by atoms with Crippen LogP contribution in [0.25, 0.3) is 10.8 Å². The number of nitrogens with one attached hydrogen (secondary N) is 1. The maximum atomic E-state index is 4.19. The molecule has 1 saturated carbocycles. The summed E-state index contributed by atoms with van der Waals surface area (Å²) in [5.74, 6) is 0. The highest BCUT2D eigenvalue weighted by Gasteiger charge is 2.25. The first-order valence-electron chi connectivity index (χ1n) is 6.47. The van der Waals surface area contributed by atoms with Gasteiger partial charge in [0.15, 0.2) is 0 Å². The second kappa shape index (κ2) is 4.46. The monoisotopic (exact) mass is 226 g/mol. The molecular formula is C15H18N2. The lowest BCUT2D eigenvalue weighted by molar-refractivity contribution is 0.519. The zero-order valence-electron chi connectivity index (χ0n) is 10.2. The van der Waals surface area contributed by atoms with E-state index in [1.54, 1.807) is 0 Å². The van der Waals surface area contributed by atoms with Gasteiger partial charge in [-0.25, -0.2) is 0 Å². The molecule has 1 aliphatic carbocycles. The van der Waals surface area contributed by atoms with Gasteiger partial charge in [0.05, 0.1) is 0 Å². The molecule has 1 unspecified atom stereocenters. The molecule has 0 saturated heterocycles. The Bertz CT molecular complexity index is 512. The molecule has 88 valence electrons. The number of pyridine rings is 1.